The average molecular weight is 422 g/mol. The summed E-state index contributed by atoms with van der Waals surface area (Å²) in [6.45, 7) is 3.81. The largest absolute Gasteiger partial charge is 0.417 e. The molecule has 0 aliphatic heterocycles. The second-order valence-corrected chi connectivity index (χ2v) is 6.70. The van der Waals surface area contributed by atoms with Crippen molar-refractivity contribution in [3.63, 3.8) is 0 Å². The van der Waals surface area contributed by atoms with Crippen LogP contribution < -0.4 is 10.6 Å². The summed E-state index contributed by atoms with van der Waals surface area (Å²) in [6, 6.07) is 12.3. The van der Waals surface area contributed by atoms with Gasteiger partial charge in [0.2, 0.25) is 0 Å². The lowest BCUT2D eigenvalue weighted by molar-refractivity contribution is -0.137. The van der Waals surface area contributed by atoms with E-state index in [0.717, 1.165) is 35.9 Å². The highest BCUT2D eigenvalue weighted by Gasteiger charge is 2.33. The predicted molar refractivity (Wildman–Crippen MR) is 106 cm³/mol. The van der Waals surface area contributed by atoms with E-state index in [4.69, 9.17) is 11.6 Å². The van der Waals surface area contributed by atoms with Gasteiger partial charge in [-0.15, -0.1) is 0 Å². The van der Waals surface area contributed by atoms with Crippen molar-refractivity contribution < 1.29 is 18.0 Å². The van der Waals surface area contributed by atoms with Gasteiger partial charge in [-0.2, -0.15) is 18.4 Å². The molecule has 0 radical (unpaired) electrons. The first-order chi connectivity index (χ1) is 13.7. The number of benzene rings is 2. The van der Waals surface area contributed by atoms with E-state index < -0.39 is 22.7 Å². The lowest BCUT2D eigenvalue weighted by Crippen LogP contribution is -2.28. The molecule has 2 aromatic carbocycles. The smallest absolute Gasteiger partial charge is 0.360 e. The molecule has 0 spiro atoms. The van der Waals surface area contributed by atoms with Gasteiger partial charge < -0.3 is 10.6 Å². The molecular formula is C21H19ClF3N3O. The normalized spacial score (nSPS) is 12.8. The fourth-order valence-electron chi connectivity index (χ4n) is 2.54. The molecule has 0 aromatic heterocycles. The average Bonchev–Trinajstić information content (AvgIpc) is 2.68. The number of nitrogens with one attached hydrogen (secondary N) is 2. The number of rotatable bonds is 6. The molecule has 29 heavy (non-hydrogen) atoms. The first kappa shape index (κ1) is 22.3. The van der Waals surface area contributed by atoms with Gasteiger partial charge in [0, 0.05) is 11.9 Å². The number of nitriles is 1. The predicted octanol–water partition coefficient (Wildman–Crippen LogP) is 5.62. The number of nitrogens with zero attached hydrogens (tertiary/aromatic N) is 1. The van der Waals surface area contributed by atoms with Crippen molar-refractivity contribution in [2.24, 2.45) is 0 Å². The van der Waals surface area contributed by atoms with E-state index in [1.54, 1.807) is 13.0 Å². The third-order valence-corrected chi connectivity index (χ3v) is 4.59. The summed E-state index contributed by atoms with van der Waals surface area (Å²) in [5.41, 5.74) is 0.796. The van der Waals surface area contributed by atoms with Gasteiger partial charge in [-0.25, -0.2) is 0 Å². The summed E-state index contributed by atoms with van der Waals surface area (Å²) in [7, 11) is 0. The SMILES string of the molecule is CCc1ccc(C(C)NC(=O)/C(C#N)=C\Nc2ccc(Cl)c(C(F)(F)F)c2)cc1. The molecule has 8 heteroatoms. The van der Waals surface area contributed by atoms with Gasteiger partial charge in [-0.05, 0) is 42.7 Å². The second-order valence-electron chi connectivity index (χ2n) is 6.30. The van der Waals surface area contributed by atoms with Crippen LogP contribution in [0.2, 0.25) is 5.02 Å². The Hall–Kier alpha value is -2.98. The maximum Gasteiger partial charge on any atom is 0.417 e. The summed E-state index contributed by atoms with van der Waals surface area (Å²) >= 11 is 5.58. The van der Waals surface area contributed by atoms with Crippen LogP contribution in [0.15, 0.2) is 54.2 Å². The molecular weight excluding hydrogens is 403 g/mol. The zero-order valence-electron chi connectivity index (χ0n) is 15.8. The Morgan fingerprint density at radius 2 is 1.90 bits per heavy atom. The number of carbonyl (C=O) groups excluding carboxylic acids is 1. The summed E-state index contributed by atoms with van der Waals surface area (Å²) in [6.07, 6.45) is -2.66. The number of alkyl halides is 3. The number of aryl methyl sites for hydroxylation is 1. The maximum absolute atomic E-state index is 12.9. The molecule has 4 nitrogen and oxygen atoms in total. The van der Waals surface area contributed by atoms with Gasteiger partial charge in [-0.1, -0.05) is 42.8 Å². The van der Waals surface area contributed by atoms with Crippen molar-refractivity contribution in [3.8, 4) is 6.07 Å². The highest BCUT2D eigenvalue weighted by atomic mass is 35.5. The molecule has 2 aromatic rings. The summed E-state index contributed by atoms with van der Waals surface area (Å²) in [5.74, 6) is -0.642. The van der Waals surface area contributed by atoms with Crippen molar-refractivity contribution in [1.82, 2.24) is 5.32 Å². The van der Waals surface area contributed by atoms with E-state index in [2.05, 4.69) is 10.6 Å². The van der Waals surface area contributed by atoms with E-state index in [9.17, 15) is 23.2 Å². The van der Waals surface area contributed by atoms with Gasteiger partial charge in [0.05, 0.1) is 16.6 Å². The van der Waals surface area contributed by atoms with Crippen LogP contribution >= 0.6 is 11.6 Å². The Labute approximate surface area is 172 Å². The zero-order chi connectivity index (χ0) is 21.6. The van der Waals surface area contributed by atoms with Gasteiger partial charge >= 0.3 is 6.18 Å². The van der Waals surface area contributed by atoms with Crippen LogP contribution in [0.25, 0.3) is 0 Å². The molecule has 0 saturated heterocycles. The van der Waals surface area contributed by atoms with Crippen LogP contribution in [0.4, 0.5) is 18.9 Å². The van der Waals surface area contributed by atoms with Crippen molar-refractivity contribution in [3.05, 3.63) is 76.0 Å². The number of halogens is 4. The number of hydrogen-bond donors (Lipinski definition) is 2. The minimum Gasteiger partial charge on any atom is -0.360 e. The Balaban J connectivity index is 2.11. The summed E-state index contributed by atoms with van der Waals surface area (Å²) in [5, 5.41) is 14.0. The van der Waals surface area contributed by atoms with Gasteiger partial charge in [0.25, 0.3) is 5.91 Å². The van der Waals surface area contributed by atoms with E-state index in [0.29, 0.717) is 0 Å². The fourth-order valence-corrected chi connectivity index (χ4v) is 2.76. The van der Waals surface area contributed by atoms with Crippen LogP contribution in [0.3, 0.4) is 0 Å². The Kier molecular flexibility index (Phi) is 7.29. The molecule has 0 saturated carbocycles. The standard InChI is InChI=1S/C21H19ClF3N3O/c1-3-14-4-6-15(7-5-14)13(2)28-20(29)16(11-26)12-27-17-8-9-19(22)18(10-17)21(23,24)25/h4-10,12-13,27H,3H2,1-2H3,(H,28,29)/b16-12-. The summed E-state index contributed by atoms with van der Waals surface area (Å²) < 4.78 is 38.8. The van der Waals surface area contributed by atoms with Gasteiger partial charge in [0.1, 0.15) is 11.6 Å². The second kappa shape index (κ2) is 9.48. The molecule has 0 heterocycles. The Bertz CT molecular complexity index is 947. The van der Waals surface area contributed by atoms with E-state index in [1.807, 2.05) is 31.2 Å². The van der Waals surface area contributed by atoms with Crippen molar-refractivity contribution in [2.45, 2.75) is 32.5 Å². The van der Waals surface area contributed by atoms with Crippen LogP contribution in [-0.4, -0.2) is 5.91 Å². The van der Waals surface area contributed by atoms with E-state index >= 15 is 0 Å². The summed E-state index contributed by atoms with van der Waals surface area (Å²) in [4.78, 5) is 12.3. The highest BCUT2D eigenvalue weighted by molar-refractivity contribution is 6.31. The third kappa shape index (κ3) is 6.00. The third-order valence-electron chi connectivity index (χ3n) is 4.26. The van der Waals surface area contributed by atoms with E-state index in [-0.39, 0.29) is 17.3 Å². The highest BCUT2D eigenvalue weighted by Crippen LogP contribution is 2.36. The molecule has 2 rings (SSSR count). The first-order valence-corrected chi connectivity index (χ1v) is 9.16. The molecule has 0 bridgehead atoms. The molecule has 0 fully saturated rings. The molecule has 152 valence electrons. The molecule has 1 atom stereocenters. The quantitative estimate of drug-likeness (QED) is 0.470. The van der Waals surface area contributed by atoms with Crippen molar-refractivity contribution >= 4 is 23.2 Å². The number of hydrogen-bond acceptors (Lipinski definition) is 3. The number of anilines is 1. The van der Waals surface area contributed by atoms with Crippen molar-refractivity contribution in [1.29, 1.82) is 5.26 Å². The van der Waals surface area contributed by atoms with Crippen LogP contribution in [0.5, 0.6) is 0 Å². The van der Waals surface area contributed by atoms with Crippen LogP contribution in [-0.2, 0) is 17.4 Å². The molecule has 2 N–H and O–H groups in total. The van der Waals surface area contributed by atoms with Gasteiger partial charge in [-0.3, -0.25) is 4.79 Å². The molecule has 0 aliphatic rings. The number of carbonyl (C=O) groups is 1. The topological polar surface area (TPSA) is 64.9 Å². The maximum atomic E-state index is 12.9. The van der Waals surface area contributed by atoms with E-state index in [1.165, 1.54) is 6.07 Å². The minimum absolute atomic E-state index is 0.0467. The number of amides is 1. The van der Waals surface area contributed by atoms with Crippen LogP contribution in [0.1, 0.15) is 36.6 Å². The monoisotopic (exact) mass is 421 g/mol. The molecule has 0 aliphatic carbocycles. The lowest BCUT2D eigenvalue weighted by atomic mass is 10.0. The first-order valence-electron chi connectivity index (χ1n) is 8.79. The van der Waals surface area contributed by atoms with Crippen molar-refractivity contribution in [2.75, 3.05) is 5.32 Å². The van der Waals surface area contributed by atoms with Gasteiger partial charge in [0.15, 0.2) is 0 Å². The lowest BCUT2D eigenvalue weighted by Gasteiger charge is -2.15. The Morgan fingerprint density at radius 1 is 1.24 bits per heavy atom. The van der Waals surface area contributed by atoms with Crippen LogP contribution in [0, 0.1) is 11.3 Å². The Morgan fingerprint density at radius 3 is 2.45 bits per heavy atom. The molecule has 1 amide bonds. The fraction of sp³-hybridized carbons (Fsp3) is 0.238. The zero-order valence-corrected chi connectivity index (χ0v) is 16.5. The minimum atomic E-state index is -4.61. The molecule has 1 unspecified atom stereocenters.